The molecule has 14 heavy (non-hydrogen) atoms. The molecule has 0 radical (unpaired) electrons. The van der Waals surface area contributed by atoms with Crippen LogP contribution in [-0.4, -0.2) is 6.54 Å². The number of aryl methyl sites for hydroxylation is 1. The highest BCUT2D eigenvalue weighted by molar-refractivity contribution is 5.24. The van der Waals surface area contributed by atoms with Crippen molar-refractivity contribution >= 4 is 0 Å². The molecular formula is C12H17NO. The summed E-state index contributed by atoms with van der Waals surface area (Å²) in [5, 5.41) is 3.53. The molecule has 1 saturated heterocycles. The molecular weight excluding hydrogens is 174 g/mol. The van der Waals surface area contributed by atoms with E-state index >= 15 is 0 Å². The van der Waals surface area contributed by atoms with Gasteiger partial charge in [-0.1, -0.05) is 12.8 Å². The predicted octanol–water partition coefficient (Wildman–Crippen LogP) is 2.79. The molecule has 1 N–H and O–H groups in total. The molecule has 2 heteroatoms. The van der Waals surface area contributed by atoms with Gasteiger partial charge in [0.1, 0.15) is 5.76 Å². The number of rotatable bonds is 1. The highest BCUT2D eigenvalue weighted by Gasteiger charge is 2.50. The summed E-state index contributed by atoms with van der Waals surface area (Å²) in [6, 6.07) is 2.57. The van der Waals surface area contributed by atoms with E-state index in [1.165, 1.54) is 43.6 Å². The maximum absolute atomic E-state index is 5.59. The molecule has 76 valence electrons. The lowest BCUT2D eigenvalue weighted by molar-refractivity contribution is 0.0720. The second kappa shape index (κ2) is 2.86. The van der Waals surface area contributed by atoms with Crippen LogP contribution in [0.25, 0.3) is 0 Å². The van der Waals surface area contributed by atoms with Crippen LogP contribution in [0.15, 0.2) is 16.7 Å². The molecule has 1 atom stereocenters. The van der Waals surface area contributed by atoms with Crippen LogP contribution in [0.5, 0.6) is 0 Å². The van der Waals surface area contributed by atoms with E-state index in [9.17, 15) is 0 Å². The van der Waals surface area contributed by atoms with E-state index in [4.69, 9.17) is 4.42 Å². The molecule has 1 aromatic heterocycles. The van der Waals surface area contributed by atoms with E-state index in [-0.39, 0.29) is 0 Å². The van der Waals surface area contributed by atoms with Gasteiger partial charge in [0.2, 0.25) is 0 Å². The van der Waals surface area contributed by atoms with Gasteiger partial charge in [-0.05, 0) is 31.4 Å². The van der Waals surface area contributed by atoms with Gasteiger partial charge in [-0.15, -0.1) is 0 Å². The van der Waals surface area contributed by atoms with Crippen molar-refractivity contribution in [2.75, 3.05) is 6.54 Å². The van der Waals surface area contributed by atoms with Crippen LogP contribution in [0.1, 0.15) is 43.0 Å². The van der Waals surface area contributed by atoms with Crippen LogP contribution in [0.2, 0.25) is 0 Å². The molecule has 0 aromatic carbocycles. The van der Waals surface area contributed by atoms with E-state index in [2.05, 4.69) is 18.3 Å². The Morgan fingerprint density at radius 3 is 2.71 bits per heavy atom. The van der Waals surface area contributed by atoms with Crippen molar-refractivity contribution in [1.82, 2.24) is 5.32 Å². The minimum absolute atomic E-state index is 0.500. The maximum Gasteiger partial charge on any atom is 0.124 e. The van der Waals surface area contributed by atoms with Crippen LogP contribution >= 0.6 is 0 Å². The quantitative estimate of drug-likeness (QED) is 0.738. The normalized spacial score (nSPS) is 29.4. The lowest BCUT2D eigenvalue weighted by Crippen LogP contribution is -2.54. The number of hydrogen-bond acceptors (Lipinski definition) is 2. The van der Waals surface area contributed by atoms with Gasteiger partial charge >= 0.3 is 0 Å². The molecule has 1 aromatic rings. The summed E-state index contributed by atoms with van der Waals surface area (Å²) in [6.07, 6.45) is 7.37. The molecule has 1 spiro atoms. The Hall–Kier alpha value is -0.760. The summed E-state index contributed by atoms with van der Waals surface area (Å²) < 4.78 is 5.59. The highest BCUT2D eigenvalue weighted by Crippen LogP contribution is 2.53. The average molecular weight is 191 g/mol. The van der Waals surface area contributed by atoms with Crippen LogP contribution in [0, 0.1) is 12.3 Å². The first-order valence-electron chi connectivity index (χ1n) is 5.59. The molecule has 0 bridgehead atoms. The molecule has 1 aliphatic carbocycles. The Morgan fingerprint density at radius 1 is 1.43 bits per heavy atom. The molecule has 2 nitrogen and oxygen atoms in total. The zero-order chi connectivity index (χ0) is 9.60. The molecule has 1 saturated carbocycles. The zero-order valence-corrected chi connectivity index (χ0v) is 8.68. The van der Waals surface area contributed by atoms with Gasteiger partial charge in [-0.3, -0.25) is 0 Å². The lowest BCUT2D eigenvalue weighted by atomic mass is 9.70. The molecule has 2 heterocycles. The van der Waals surface area contributed by atoms with E-state index in [0.29, 0.717) is 11.5 Å². The number of furan rings is 1. The van der Waals surface area contributed by atoms with Gasteiger partial charge in [-0.25, -0.2) is 0 Å². The molecule has 3 rings (SSSR count). The SMILES string of the molecule is Cc1ccoc1C1NCC12CCCC2. The highest BCUT2D eigenvalue weighted by atomic mass is 16.3. The molecule has 1 unspecified atom stereocenters. The van der Waals surface area contributed by atoms with Crippen molar-refractivity contribution in [3.05, 3.63) is 23.7 Å². The van der Waals surface area contributed by atoms with Gasteiger partial charge in [0.25, 0.3) is 0 Å². The minimum atomic E-state index is 0.500. The third-order valence-corrected chi connectivity index (χ3v) is 4.03. The standard InChI is InChI=1S/C12H17NO/c1-9-4-7-14-10(9)11-12(8-13-11)5-2-3-6-12/h4,7,11,13H,2-3,5-6,8H2,1H3. The van der Waals surface area contributed by atoms with Gasteiger partial charge in [0, 0.05) is 12.0 Å². The van der Waals surface area contributed by atoms with E-state index in [1.54, 1.807) is 0 Å². The monoisotopic (exact) mass is 191 g/mol. The maximum atomic E-state index is 5.59. The summed E-state index contributed by atoms with van der Waals surface area (Å²) in [6.45, 7) is 3.33. The summed E-state index contributed by atoms with van der Waals surface area (Å²) in [5.74, 6) is 1.18. The van der Waals surface area contributed by atoms with E-state index in [0.717, 1.165) is 0 Å². The van der Waals surface area contributed by atoms with Gasteiger partial charge < -0.3 is 9.73 Å². The first-order valence-corrected chi connectivity index (χ1v) is 5.59. The molecule has 2 fully saturated rings. The van der Waals surface area contributed by atoms with E-state index in [1.807, 2.05) is 6.26 Å². The second-order valence-electron chi connectivity index (χ2n) is 4.85. The summed E-state index contributed by atoms with van der Waals surface area (Å²) in [5.41, 5.74) is 1.84. The smallest absolute Gasteiger partial charge is 0.124 e. The summed E-state index contributed by atoms with van der Waals surface area (Å²) >= 11 is 0. The molecule has 0 amide bonds. The zero-order valence-electron chi connectivity index (χ0n) is 8.68. The fraction of sp³-hybridized carbons (Fsp3) is 0.667. The van der Waals surface area contributed by atoms with Crippen molar-refractivity contribution in [1.29, 1.82) is 0 Å². The van der Waals surface area contributed by atoms with Crippen LogP contribution in [0.3, 0.4) is 0 Å². The summed E-state index contributed by atoms with van der Waals surface area (Å²) in [4.78, 5) is 0. The fourth-order valence-electron chi connectivity index (χ4n) is 3.09. The van der Waals surface area contributed by atoms with E-state index < -0.39 is 0 Å². The minimum Gasteiger partial charge on any atom is -0.467 e. The van der Waals surface area contributed by atoms with Crippen molar-refractivity contribution in [2.24, 2.45) is 5.41 Å². The Bertz CT molecular complexity index is 336. The molecule has 2 aliphatic rings. The Kier molecular flexibility index (Phi) is 1.75. The van der Waals surface area contributed by atoms with Crippen LogP contribution in [-0.2, 0) is 0 Å². The van der Waals surface area contributed by atoms with Crippen LogP contribution < -0.4 is 5.32 Å². The lowest BCUT2D eigenvalue weighted by Gasteiger charge is -2.47. The van der Waals surface area contributed by atoms with Crippen molar-refractivity contribution in [3.63, 3.8) is 0 Å². The largest absolute Gasteiger partial charge is 0.467 e. The number of nitrogens with one attached hydrogen (secondary N) is 1. The first-order chi connectivity index (χ1) is 6.82. The van der Waals surface area contributed by atoms with Gasteiger partial charge in [0.15, 0.2) is 0 Å². The molecule has 1 aliphatic heterocycles. The third kappa shape index (κ3) is 1.01. The van der Waals surface area contributed by atoms with Crippen LogP contribution in [0.4, 0.5) is 0 Å². The third-order valence-electron chi connectivity index (χ3n) is 4.03. The van der Waals surface area contributed by atoms with Crippen molar-refractivity contribution in [3.8, 4) is 0 Å². The predicted molar refractivity (Wildman–Crippen MR) is 55.1 cm³/mol. The van der Waals surface area contributed by atoms with Gasteiger partial charge in [0.05, 0.1) is 12.3 Å². The van der Waals surface area contributed by atoms with Crippen molar-refractivity contribution in [2.45, 2.75) is 38.6 Å². The number of hydrogen-bond donors (Lipinski definition) is 1. The van der Waals surface area contributed by atoms with Gasteiger partial charge in [-0.2, -0.15) is 0 Å². The average Bonchev–Trinajstić information content (AvgIpc) is 2.75. The Balaban J connectivity index is 1.90. The topological polar surface area (TPSA) is 25.2 Å². The fourth-order valence-corrected chi connectivity index (χ4v) is 3.09. The Labute approximate surface area is 84.7 Å². The second-order valence-corrected chi connectivity index (χ2v) is 4.85. The first kappa shape index (κ1) is 8.54. The van der Waals surface area contributed by atoms with Crippen molar-refractivity contribution < 1.29 is 4.42 Å². The summed E-state index contributed by atoms with van der Waals surface area (Å²) in [7, 11) is 0. The Morgan fingerprint density at radius 2 is 2.21 bits per heavy atom.